The van der Waals surface area contributed by atoms with Gasteiger partial charge in [-0.05, 0) is 34.9 Å². The first kappa shape index (κ1) is 12.0. The third-order valence-corrected chi connectivity index (χ3v) is 3.85. The van der Waals surface area contributed by atoms with Gasteiger partial charge in [0, 0.05) is 10.8 Å². The Bertz CT molecular complexity index is 945. The van der Waals surface area contributed by atoms with E-state index in [0.717, 1.165) is 38.6 Å². The van der Waals surface area contributed by atoms with E-state index in [-0.39, 0.29) is 0 Å². The monoisotopic (exact) mass is 270 g/mol. The number of fused-ring (bicyclic) bond motifs is 3. The molecule has 1 nitrogen and oxygen atoms in total. The van der Waals surface area contributed by atoms with Crippen LogP contribution in [0.4, 0.5) is 0 Å². The van der Waals surface area contributed by atoms with E-state index < -0.39 is 0 Å². The molecular weight excluding hydrogens is 256 g/mol. The van der Waals surface area contributed by atoms with Gasteiger partial charge in [-0.3, -0.25) is 0 Å². The molecule has 0 unspecified atom stereocenters. The lowest BCUT2D eigenvalue weighted by Gasteiger charge is -2.05. The Balaban J connectivity index is 1.88. The highest BCUT2D eigenvalue weighted by Gasteiger charge is 2.08. The molecule has 1 heteroatoms. The van der Waals surface area contributed by atoms with Crippen molar-refractivity contribution in [1.82, 2.24) is 0 Å². The van der Waals surface area contributed by atoms with Crippen molar-refractivity contribution in [1.29, 1.82) is 0 Å². The third kappa shape index (κ3) is 1.95. The van der Waals surface area contributed by atoms with Gasteiger partial charge in [0.15, 0.2) is 0 Å². The molecule has 0 radical (unpaired) electrons. The number of hydrogen-bond acceptors (Lipinski definition) is 1. The number of para-hydroxylation sites is 1. The number of hydrogen-bond donors (Lipinski definition) is 0. The summed E-state index contributed by atoms with van der Waals surface area (Å²) in [5.74, 6) is 0. The second kappa shape index (κ2) is 4.64. The Morgan fingerprint density at radius 3 is 2.24 bits per heavy atom. The summed E-state index contributed by atoms with van der Waals surface area (Å²) in [5, 5.41) is 2.31. The largest absolute Gasteiger partial charge is 0.456 e. The van der Waals surface area contributed by atoms with Gasteiger partial charge in [0.25, 0.3) is 0 Å². The Hall–Kier alpha value is -2.80. The Morgan fingerprint density at radius 1 is 0.667 bits per heavy atom. The number of rotatable bonds is 2. The lowest BCUT2D eigenvalue weighted by Crippen LogP contribution is -1.85. The van der Waals surface area contributed by atoms with E-state index in [1.165, 1.54) is 0 Å². The zero-order chi connectivity index (χ0) is 14.2. The normalized spacial score (nSPS) is 11.0. The van der Waals surface area contributed by atoms with Gasteiger partial charge >= 0.3 is 0 Å². The highest BCUT2D eigenvalue weighted by Crippen LogP contribution is 2.31. The third-order valence-electron chi connectivity index (χ3n) is 3.85. The minimum Gasteiger partial charge on any atom is -0.456 e. The van der Waals surface area contributed by atoms with Crippen LogP contribution in [0.2, 0.25) is 0 Å². The van der Waals surface area contributed by atoms with Gasteiger partial charge in [0.2, 0.25) is 0 Å². The molecule has 0 bridgehead atoms. The predicted molar refractivity (Wildman–Crippen MR) is 88.3 cm³/mol. The summed E-state index contributed by atoms with van der Waals surface area (Å²) in [5.41, 5.74) is 5.07. The highest BCUT2D eigenvalue weighted by atomic mass is 16.3. The van der Waals surface area contributed by atoms with Crippen molar-refractivity contribution in [3.05, 3.63) is 90.5 Å². The molecule has 0 saturated heterocycles. The first-order chi connectivity index (χ1) is 10.3. The fourth-order valence-electron chi connectivity index (χ4n) is 2.72. The van der Waals surface area contributed by atoms with Crippen LogP contribution >= 0.6 is 0 Å². The molecule has 0 aliphatic heterocycles. The number of furan rings is 1. The Labute approximate surface area is 123 Å². The van der Waals surface area contributed by atoms with Gasteiger partial charge in [-0.1, -0.05) is 61.2 Å². The van der Waals surface area contributed by atoms with Crippen LogP contribution in [0.3, 0.4) is 0 Å². The molecule has 0 aliphatic rings. The first-order valence-electron chi connectivity index (χ1n) is 6.99. The average molecular weight is 270 g/mol. The van der Waals surface area contributed by atoms with Gasteiger partial charge in [0.05, 0.1) is 0 Å². The van der Waals surface area contributed by atoms with Crippen molar-refractivity contribution >= 4 is 27.5 Å². The van der Waals surface area contributed by atoms with Crippen molar-refractivity contribution in [3.63, 3.8) is 0 Å². The van der Waals surface area contributed by atoms with E-state index in [1.807, 2.05) is 36.4 Å². The summed E-state index contributed by atoms with van der Waals surface area (Å²) in [7, 11) is 0. The van der Waals surface area contributed by atoms with Gasteiger partial charge in [-0.25, -0.2) is 0 Å². The van der Waals surface area contributed by atoms with E-state index in [2.05, 4.69) is 43.0 Å². The molecular formula is C20H14O. The van der Waals surface area contributed by atoms with E-state index in [9.17, 15) is 0 Å². The van der Waals surface area contributed by atoms with Gasteiger partial charge in [-0.15, -0.1) is 0 Å². The van der Waals surface area contributed by atoms with Crippen molar-refractivity contribution < 1.29 is 4.42 Å². The van der Waals surface area contributed by atoms with Crippen LogP contribution in [-0.2, 0) is 0 Å². The van der Waals surface area contributed by atoms with E-state index in [4.69, 9.17) is 4.42 Å². The van der Waals surface area contributed by atoms with Crippen LogP contribution in [0.15, 0.2) is 83.8 Å². The smallest absolute Gasteiger partial charge is 0.136 e. The fraction of sp³-hybridized carbons (Fsp3) is 0. The Kier molecular flexibility index (Phi) is 2.65. The quantitative estimate of drug-likeness (QED) is 0.459. The van der Waals surface area contributed by atoms with Crippen molar-refractivity contribution in [2.45, 2.75) is 0 Å². The minimum atomic E-state index is 0.908. The second-order valence-electron chi connectivity index (χ2n) is 5.15. The summed E-state index contributed by atoms with van der Waals surface area (Å²) in [6.07, 6.45) is 0. The maximum atomic E-state index is 5.94. The van der Waals surface area contributed by atoms with Crippen LogP contribution < -0.4 is 0 Å². The summed E-state index contributed by atoms with van der Waals surface area (Å²) >= 11 is 0. The Morgan fingerprint density at radius 2 is 1.38 bits per heavy atom. The minimum absolute atomic E-state index is 0.908. The molecule has 21 heavy (non-hydrogen) atoms. The van der Waals surface area contributed by atoms with Crippen LogP contribution in [0.1, 0.15) is 11.1 Å². The molecule has 100 valence electrons. The van der Waals surface area contributed by atoms with Crippen molar-refractivity contribution in [2.24, 2.45) is 0 Å². The topological polar surface area (TPSA) is 13.1 Å². The maximum absolute atomic E-state index is 5.94. The van der Waals surface area contributed by atoms with Gasteiger partial charge < -0.3 is 4.42 Å². The predicted octanol–water partition coefficient (Wildman–Crippen LogP) is 5.65. The fourth-order valence-corrected chi connectivity index (χ4v) is 2.72. The highest BCUT2D eigenvalue weighted by molar-refractivity contribution is 6.05. The van der Waals surface area contributed by atoms with E-state index in [1.54, 1.807) is 0 Å². The molecule has 0 aliphatic carbocycles. The average Bonchev–Trinajstić information content (AvgIpc) is 2.92. The first-order valence-corrected chi connectivity index (χ1v) is 6.99. The van der Waals surface area contributed by atoms with Crippen LogP contribution in [0.5, 0.6) is 0 Å². The van der Waals surface area contributed by atoms with E-state index in [0.29, 0.717) is 0 Å². The summed E-state index contributed by atoms with van der Waals surface area (Å²) in [6.45, 7) is 4.21. The molecule has 0 spiro atoms. The zero-order valence-corrected chi connectivity index (χ0v) is 11.5. The van der Waals surface area contributed by atoms with Crippen LogP contribution in [0.25, 0.3) is 27.5 Å². The maximum Gasteiger partial charge on any atom is 0.136 e. The van der Waals surface area contributed by atoms with Crippen LogP contribution in [-0.4, -0.2) is 0 Å². The molecule has 0 atom stereocenters. The standard InChI is InChI=1S/C20H14O/c1-14(15-7-3-2-4-8-15)16-11-12-18-17-9-5-6-10-19(17)21-20(18)13-16/h2-13H,1H2. The second-order valence-corrected chi connectivity index (χ2v) is 5.15. The molecule has 0 saturated carbocycles. The molecule has 3 aromatic carbocycles. The number of benzene rings is 3. The lowest BCUT2D eigenvalue weighted by molar-refractivity contribution is 0.669. The molecule has 0 amide bonds. The zero-order valence-electron chi connectivity index (χ0n) is 11.5. The molecule has 1 aromatic heterocycles. The molecule has 0 N–H and O–H groups in total. The summed E-state index contributed by atoms with van der Waals surface area (Å²) < 4.78 is 5.94. The van der Waals surface area contributed by atoms with Gasteiger partial charge in [0.1, 0.15) is 11.2 Å². The molecule has 0 fully saturated rings. The van der Waals surface area contributed by atoms with Crippen molar-refractivity contribution in [3.8, 4) is 0 Å². The summed E-state index contributed by atoms with van der Waals surface area (Å²) in [4.78, 5) is 0. The molecule has 1 heterocycles. The molecule has 4 aromatic rings. The van der Waals surface area contributed by atoms with Gasteiger partial charge in [-0.2, -0.15) is 0 Å². The molecule has 4 rings (SSSR count). The lowest BCUT2D eigenvalue weighted by atomic mass is 9.98. The summed E-state index contributed by atoms with van der Waals surface area (Å²) in [6, 6.07) is 24.6. The van der Waals surface area contributed by atoms with Crippen molar-refractivity contribution in [2.75, 3.05) is 0 Å². The van der Waals surface area contributed by atoms with Crippen LogP contribution in [0, 0.1) is 0 Å². The SMILES string of the molecule is C=C(c1ccccc1)c1ccc2c(c1)oc1ccccc12. The van der Waals surface area contributed by atoms with E-state index >= 15 is 0 Å².